The summed E-state index contributed by atoms with van der Waals surface area (Å²) in [7, 11) is -2.35. The molecule has 30 heteroatoms. The summed E-state index contributed by atoms with van der Waals surface area (Å²) in [6, 6.07) is 17.7. The molecule has 0 bridgehead atoms. The Labute approximate surface area is 454 Å². The van der Waals surface area contributed by atoms with E-state index in [1.54, 1.807) is 23.2 Å². The summed E-state index contributed by atoms with van der Waals surface area (Å²) in [6.07, 6.45) is 9.79. The van der Waals surface area contributed by atoms with Crippen LogP contribution in [0.15, 0.2) is 115 Å². The predicted molar refractivity (Wildman–Crippen MR) is 291 cm³/mol. The van der Waals surface area contributed by atoms with E-state index in [4.69, 9.17) is 40.7 Å². The van der Waals surface area contributed by atoms with Crippen LogP contribution in [0.1, 0.15) is 32.2 Å². The van der Waals surface area contributed by atoms with Crippen LogP contribution < -0.4 is 26.7 Å². The zero-order valence-electron chi connectivity index (χ0n) is 42.3. The van der Waals surface area contributed by atoms with Crippen LogP contribution in [0.4, 0.5) is 17.5 Å². The first-order chi connectivity index (χ1) is 36.9. The maximum atomic E-state index is 12.2. The third-order valence-corrected chi connectivity index (χ3v) is 13.4. The van der Waals surface area contributed by atoms with E-state index < -0.39 is 10.0 Å². The van der Waals surface area contributed by atoms with Crippen molar-refractivity contribution in [1.29, 1.82) is 0 Å². The lowest BCUT2D eigenvalue weighted by Crippen LogP contribution is -2.20. The topological polar surface area (TPSA) is 368 Å². The first-order valence-corrected chi connectivity index (χ1v) is 24.8. The first-order valence-electron chi connectivity index (χ1n) is 23.3. The fourth-order valence-corrected chi connectivity index (χ4v) is 9.57. The van der Waals surface area contributed by atoms with Gasteiger partial charge < -0.3 is 35.6 Å². The predicted octanol–water partition coefficient (Wildman–Crippen LogP) is 7.31. The van der Waals surface area contributed by atoms with E-state index in [1.807, 2.05) is 105 Å². The number of rotatable bonds is 12. The van der Waals surface area contributed by atoms with Crippen molar-refractivity contribution in [3.8, 4) is 68.2 Å². The number of nitrogen functional groups attached to an aromatic ring is 3. The fraction of sp³-hybridized carbons (Fsp3) is 0.188. The van der Waals surface area contributed by atoms with Crippen LogP contribution >= 0.6 is 24.8 Å². The maximum absolute atomic E-state index is 12.2. The van der Waals surface area contributed by atoms with Crippen molar-refractivity contribution in [1.82, 2.24) is 84.4 Å². The number of nitrogens with zero attached hydrogens (tertiary/aromatic N) is 16. The fourth-order valence-electron chi connectivity index (χ4n) is 8.68. The van der Waals surface area contributed by atoms with Gasteiger partial charge in [0.15, 0.2) is 52.0 Å². The molecule has 0 amide bonds. The minimum atomic E-state index is -3.69. The van der Waals surface area contributed by atoms with Gasteiger partial charge in [-0.15, -0.1) is 24.8 Å². The summed E-state index contributed by atoms with van der Waals surface area (Å²) in [6.45, 7) is 11.4. The van der Waals surface area contributed by atoms with Crippen molar-refractivity contribution in [2.75, 3.05) is 30.9 Å². The van der Waals surface area contributed by atoms with E-state index >= 15 is 0 Å². The van der Waals surface area contributed by atoms with E-state index in [1.165, 1.54) is 19.4 Å². The number of fused-ring (bicyclic) bond motifs is 3. The van der Waals surface area contributed by atoms with Crippen molar-refractivity contribution < 1.29 is 31.6 Å². The lowest BCUT2D eigenvalue weighted by Gasteiger charge is -2.10. The Morgan fingerprint density at radius 3 is 1.65 bits per heavy atom. The number of sulfonamides is 1. The summed E-state index contributed by atoms with van der Waals surface area (Å²) in [5, 5.41) is 26.5. The van der Waals surface area contributed by atoms with Gasteiger partial charge in [-0.25, -0.2) is 42.0 Å². The zero-order valence-corrected chi connectivity index (χ0v) is 44.7. The minimum absolute atomic E-state index is 0. The van der Waals surface area contributed by atoms with Gasteiger partial charge >= 0.3 is 0 Å². The number of para-hydroxylation sites is 1. The molecule has 12 aromatic rings. The number of benzene rings is 2. The van der Waals surface area contributed by atoms with Crippen LogP contribution in [0.2, 0.25) is 0 Å². The number of imidazole rings is 3. The third-order valence-electron chi connectivity index (χ3n) is 12.0. The number of hydrogen-bond donors (Lipinski definition) is 4. The van der Waals surface area contributed by atoms with Gasteiger partial charge in [-0.3, -0.25) is 19.5 Å². The number of aromatic nitrogens is 16. The zero-order chi connectivity index (χ0) is 53.3. The van der Waals surface area contributed by atoms with Crippen LogP contribution in [0, 0.1) is 13.8 Å². The van der Waals surface area contributed by atoms with Gasteiger partial charge in [-0.2, -0.15) is 0 Å². The van der Waals surface area contributed by atoms with Crippen molar-refractivity contribution in [2.45, 2.75) is 52.6 Å². The molecule has 0 radical (unpaired) electrons. The molecule has 0 spiro atoms. The molecule has 0 fully saturated rings. The molecule has 78 heavy (non-hydrogen) atoms. The van der Waals surface area contributed by atoms with Crippen LogP contribution in [-0.2, 0) is 23.1 Å². The van der Waals surface area contributed by atoms with E-state index in [2.05, 4.69) is 70.4 Å². The molecule has 2 aromatic carbocycles. The molecule has 0 aliphatic carbocycles. The largest absolute Gasteiger partial charge is 0.494 e. The van der Waals surface area contributed by atoms with Gasteiger partial charge in [-0.1, -0.05) is 35.5 Å². The molecule has 7 N–H and O–H groups in total. The summed E-state index contributed by atoms with van der Waals surface area (Å²) >= 11 is 0. The van der Waals surface area contributed by atoms with Crippen LogP contribution in [-0.4, -0.2) is 102 Å². The lowest BCUT2D eigenvalue weighted by atomic mass is 10.0. The van der Waals surface area contributed by atoms with Crippen molar-refractivity contribution in [3.05, 3.63) is 103 Å². The molecular formula is C48H48Cl2N20O7S. The Morgan fingerprint density at radius 1 is 0.603 bits per heavy atom. The van der Waals surface area contributed by atoms with Crippen LogP contribution in [0.25, 0.3) is 95.6 Å². The monoisotopic (exact) mass is 1120 g/mol. The first kappa shape index (κ1) is 54.9. The average molecular weight is 1120 g/mol. The van der Waals surface area contributed by atoms with Gasteiger partial charge in [0.25, 0.3) is 0 Å². The SMILES string of the molecule is CCOc1cccc(-c2cncc3nc(-c4nonc4N)n(CC)c23)c1.CCn1c(-c2nonc2N)nc2cncc(S(=O)(=O)NC)c21.Cc1noc(C)c1-c1cncc2nc(-c3nonc3N)n(-c3ccccc3)c12.Cl.Cl. The van der Waals surface area contributed by atoms with E-state index in [0.29, 0.717) is 70.9 Å². The molecular weight excluding hydrogens is 1070 g/mol. The Balaban J connectivity index is 0.000000154. The summed E-state index contributed by atoms with van der Waals surface area (Å²) < 4.78 is 57.5. The van der Waals surface area contributed by atoms with E-state index in [9.17, 15) is 8.42 Å². The molecule has 0 aliphatic heterocycles. The number of ether oxygens (including phenoxy) is 1. The smallest absolute Gasteiger partial charge is 0.244 e. The van der Waals surface area contributed by atoms with Crippen molar-refractivity contribution in [2.24, 2.45) is 0 Å². The number of nitrogens with one attached hydrogen (secondary N) is 1. The number of hydrogen-bond acceptors (Lipinski definition) is 23. The Morgan fingerprint density at radius 2 is 1.13 bits per heavy atom. The van der Waals surface area contributed by atoms with E-state index in [0.717, 1.165) is 55.9 Å². The Hall–Kier alpha value is -9.38. The van der Waals surface area contributed by atoms with Gasteiger partial charge in [0.1, 0.15) is 33.0 Å². The Bertz CT molecular complexity index is 4150. The molecule has 10 heterocycles. The summed E-state index contributed by atoms with van der Waals surface area (Å²) in [4.78, 5) is 26.4. The lowest BCUT2D eigenvalue weighted by molar-refractivity contribution is 0.310. The summed E-state index contributed by atoms with van der Waals surface area (Å²) in [5.41, 5.74) is 28.0. The Kier molecular flexibility index (Phi) is 16.1. The van der Waals surface area contributed by atoms with Gasteiger partial charge in [0.2, 0.25) is 10.0 Å². The van der Waals surface area contributed by atoms with Gasteiger partial charge in [0, 0.05) is 48.5 Å². The molecule has 0 aliphatic rings. The second kappa shape index (κ2) is 22.8. The third kappa shape index (κ3) is 9.97. The minimum Gasteiger partial charge on any atom is -0.494 e. The second-order valence-corrected chi connectivity index (χ2v) is 18.3. The molecule has 12 rings (SSSR count). The molecule has 27 nitrogen and oxygen atoms in total. The number of nitrogens with two attached hydrogens (primary N) is 3. The molecule has 0 saturated heterocycles. The van der Waals surface area contributed by atoms with Gasteiger partial charge in [-0.05, 0) is 102 Å². The molecule has 0 saturated carbocycles. The number of halogens is 2. The normalized spacial score (nSPS) is 11.2. The highest BCUT2D eigenvalue weighted by Gasteiger charge is 2.27. The highest BCUT2D eigenvalue weighted by atomic mass is 35.5. The second-order valence-electron chi connectivity index (χ2n) is 16.4. The van der Waals surface area contributed by atoms with Crippen LogP contribution in [0.5, 0.6) is 5.75 Å². The average Bonchev–Trinajstić information content (AvgIpc) is 4.49. The van der Waals surface area contributed by atoms with Crippen molar-refractivity contribution >= 4 is 85.4 Å². The maximum Gasteiger partial charge on any atom is 0.244 e. The molecule has 0 atom stereocenters. The van der Waals surface area contributed by atoms with Crippen LogP contribution in [0.3, 0.4) is 0 Å². The molecule has 402 valence electrons. The highest BCUT2D eigenvalue weighted by molar-refractivity contribution is 7.89. The number of aryl methyl sites for hydroxylation is 4. The number of pyridine rings is 3. The van der Waals surface area contributed by atoms with Crippen molar-refractivity contribution in [3.63, 3.8) is 0 Å². The number of anilines is 3. The standard InChI is InChI=1S/C19H15N7O2.C18H18N6O2.C11H13N7O3S.2ClH/c1-10-15(11(2)27-23-10)13-8-21-9-14-17(13)26(12-6-4-3-5-7-12)19(22-14)16-18(20)25-28-24-16;1-3-24-16-13(11-6-5-7-12(8-11)25-4-2)9-20-10-14(16)21-18(24)15-17(19)23-26-22-15;1-3-18-9-6(4-14-5-7(9)22(19,20)13-2)15-11(18)8-10(12)17-21-16-8;;/h3-9H,1-2H3,(H2,20,25);5-10H,3-4H2,1-2H3,(H2,19,23);4-5,13H,3H2,1-2H3,(H2,12,17);2*1H. The summed E-state index contributed by atoms with van der Waals surface area (Å²) in [5.74, 6) is 3.47. The van der Waals surface area contributed by atoms with E-state index in [-0.39, 0.29) is 52.9 Å². The molecule has 0 unspecified atom stereocenters. The van der Waals surface area contributed by atoms with Gasteiger partial charge in [0.05, 0.1) is 53.0 Å². The quantitative estimate of drug-likeness (QED) is 0.0931. The highest BCUT2D eigenvalue weighted by Crippen LogP contribution is 2.38. The molecule has 10 aromatic heterocycles.